The predicted molar refractivity (Wildman–Crippen MR) is 103 cm³/mol. The second kappa shape index (κ2) is 8.84. The van der Waals surface area contributed by atoms with Crippen molar-refractivity contribution in [2.75, 3.05) is 13.6 Å². The Hall–Kier alpha value is -2.63. The molecule has 27 heavy (non-hydrogen) atoms. The maximum absolute atomic E-state index is 12.4. The fourth-order valence-corrected chi connectivity index (χ4v) is 3.40. The number of nitrogens with zero attached hydrogens (tertiary/aromatic N) is 3. The minimum Gasteiger partial charge on any atom is -0.272 e. The van der Waals surface area contributed by atoms with Gasteiger partial charge in [0.2, 0.25) is 10.0 Å². The van der Waals surface area contributed by atoms with Crippen LogP contribution in [-0.2, 0) is 14.8 Å². The van der Waals surface area contributed by atoms with Gasteiger partial charge in [-0.1, -0.05) is 28.1 Å². The van der Waals surface area contributed by atoms with Gasteiger partial charge in [-0.05, 0) is 24.3 Å². The minimum absolute atomic E-state index is 0.0566. The zero-order valence-electron chi connectivity index (χ0n) is 14.1. The topological polar surface area (TPSA) is 122 Å². The maximum Gasteiger partial charge on any atom is 0.270 e. The van der Waals surface area contributed by atoms with Crippen LogP contribution in [0.1, 0.15) is 5.56 Å². The molecule has 2 aromatic rings. The molecule has 0 heterocycles. The van der Waals surface area contributed by atoms with Gasteiger partial charge in [-0.15, -0.1) is 0 Å². The summed E-state index contributed by atoms with van der Waals surface area (Å²) in [6.45, 7) is -0.440. The molecule has 0 aliphatic rings. The molecule has 0 saturated carbocycles. The first-order valence-electron chi connectivity index (χ1n) is 7.48. The number of rotatable bonds is 7. The van der Waals surface area contributed by atoms with E-state index in [1.54, 1.807) is 18.2 Å². The number of hydrogen-bond donors (Lipinski definition) is 1. The molecular weight excluding hydrogens is 440 g/mol. The molecule has 11 heteroatoms. The number of sulfonamides is 1. The Morgan fingerprint density at radius 1 is 1.30 bits per heavy atom. The van der Waals surface area contributed by atoms with Gasteiger partial charge in [0.05, 0.1) is 22.6 Å². The molecule has 0 aliphatic heterocycles. The van der Waals surface area contributed by atoms with Crippen molar-refractivity contribution < 1.29 is 18.1 Å². The Morgan fingerprint density at radius 3 is 2.59 bits per heavy atom. The Labute approximate surface area is 164 Å². The van der Waals surface area contributed by atoms with Crippen molar-refractivity contribution in [3.8, 4) is 0 Å². The van der Waals surface area contributed by atoms with Gasteiger partial charge < -0.3 is 0 Å². The summed E-state index contributed by atoms with van der Waals surface area (Å²) in [7, 11) is -2.54. The lowest BCUT2D eigenvalue weighted by molar-refractivity contribution is -0.384. The van der Waals surface area contributed by atoms with Crippen molar-refractivity contribution in [1.82, 2.24) is 9.73 Å². The molecule has 2 rings (SSSR count). The van der Waals surface area contributed by atoms with E-state index in [4.69, 9.17) is 0 Å². The number of likely N-dealkylation sites (N-methyl/N-ethyl adjacent to an activating group) is 1. The number of nitro groups is 1. The number of amides is 1. The van der Waals surface area contributed by atoms with Crippen LogP contribution in [0.2, 0.25) is 0 Å². The third-order valence-electron chi connectivity index (χ3n) is 3.37. The Kier molecular flexibility index (Phi) is 6.77. The second-order valence-corrected chi connectivity index (χ2v) is 8.32. The van der Waals surface area contributed by atoms with Crippen molar-refractivity contribution in [1.29, 1.82) is 0 Å². The van der Waals surface area contributed by atoms with Crippen LogP contribution in [-0.4, -0.2) is 43.4 Å². The number of nitro benzene ring substituents is 1. The maximum atomic E-state index is 12.4. The SMILES string of the molecule is CN(CC(=O)N/N=C\c1cccc([N+](=O)[O-])c1)S(=O)(=O)c1ccc(Br)cc1. The summed E-state index contributed by atoms with van der Waals surface area (Å²) in [6, 6.07) is 11.7. The summed E-state index contributed by atoms with van der Waals surface area (Å²) in [5.74, 6) is -0.653. The van der Waals surface area contributed by atoms with Crippen molar-refractivity contribution in [2.45, 2.75) is 4.90 Å². The van der Waals surface area contributed by atoms with Crippen molar-refractivity contribution in [3.63, 3.8) is 0 Å². The molecule has 142 valence electrons. The number of hydrogen-bond acceptors (Lipinski definition) is 6. The highest BCUT2D eigenvalue weighted by Crippen LogP contribution is 2.17. The fourth-order valence-electron chi connectivity index (χ4n) is 2.01. The molecule has 0 atom stereocenters. The number of carbonyl (C=O) groups excluding carboxylic acids is 1. The summed E-state index contributed by atoms with van der Waals surface area (Å²) < 4.78 is 26.4. The molecule has 0 saturated heterocycles. The molecule has 0 bridgehead atoms. The highest BCUT2D eigenvalue weighted by Gasteiger charge is 2.22. The summed E-state index contributed by atoms with van der Waals surface area (Å²) in [6.07, 6.45) is 1.23. The first-order chi connectivity index (χ1) is 12.7. The van der Waals surface area contributed by atoms with E-state index in [1.165, 1.54) is 43.6 Å². The van der Waals surface area contributed by atoms with Gasteiger partial charge in [0.25, 0.3) is 11.6 Å². The standard InChI is InChI=1S/C16H15BrN4O5S/c1-20(27(25,26)15-7-5-13(17)6-8-15)11-16(22)19-18-10-12-3-2-4-14(9-12)21(23)24/h2-10H,11H2,1H3,(H,19,22)/b18-10-. The summed E-state index contributed by atoms with van der Waals surface area (Å²) in [5, 5.41) is 14.4. The van der Waals surface area contributed by atoms with Crippen LogP contribution in [0.5, 0.6) is 0 Å². The molecule has 0 radical (unpaired) electrons. The average Bonchev–Trinajstić information content (AvgIpc) is 2.62. The van der Waals surface area contributed by atoms with Crippen molar-refractivity contribution >= 4 is 43.8 Å². The van der Waals surface area contributed by atoms with E-state index in [1.807, 2.05) is 0 Å². The van der Waals surface area contributed by atoms with E-state index in [9.17, 15) is 23.3 Å². The van der Waals surface area contributed by atoms with Gasteiger partial charge >= 0.3 is 0 Å². The molecule has 0 spiro atoms. The van der Waals surface area contributed by atoms with Crippen molar-refractivity contribution in [3.05, 3.63) is 68.7 Å². The van der Waals surface area contributed by atoms with Gasteiger partial charge in [-0.25, -0.2) is 13.8 Å². The van der Waals surface area contributed by atoms with Crippen LogP contribution in [0, 0.1) is 10.1 Å². The lowest BCUT2D eigenvalue weighted by Gasteiger charge is -2.16. The highest BCUT2D eigenvalue weighted by atomic mass is 79.9. The molecule has 1 amide bonds. The zero-order valence-corrected chi connectivity index (χ0v) is 16.5. The monoisotopic (exact) mass is 454 g/mol. The molecule has 2 aromatic carbocycles. The van der Waals surface area contributed by atoms with Gasteiger partial charge in [0.1, 0.15) is 0 Å². The van der Waals surface area contributed by atoms with E-state index in [0.29, 0.717) is 5.56 Å². The summed E-state index contributed by atoms with van der Waals surface area (Å²) in [5.41, 5.74) is 2.50. The third kappa shape index (κ3) is 5.67. The molecule has 0 fully saturated rings. The smallest absolute Gasteiger partial charge is 0.270 e. The molecule has 1 N–H and O–H groups in total. The van der Waals surface area contributed by atoms with Gasteiger partial charge in [0, 0.05) is 29.2 Å². The summed E-state index contributed by atoms with van der Waals surface area (Å²) >= 11 is 3.22. The van der Waals surface area contributed by atoms with Crippen LogP contribution in [0.15, 0.2) is 63.0 Å². The second-order valence-electron chi connectivity index (χ2n) is 5.36. The number of halogens is 1. The van der Waals surface area contributed by atoms with E-state index in [-0.39, 0.29) is 10.6 Å². The largest absolute Gasteiger partial charge is 0.272 e. The number of non-ortho nitro benzene ring substituents is 1. The van der Waals surface area contributed by atoms with E-state index >= 15 is 0 Å². The Balaban J connectivity index is 1.97. The lowest BCUT2D eigenvalue weighted by atomic mass is 10.2. The van der Waals surface area contributed by atoms with E-state index < -0.39 is 27.4 Å². The molecular formula is C16H15BrN4O5S. The highest BCUT2D eigenvalue weighted by molar-refractivity contribution is 9.10. The normalized spacial score (nSPS) is 11.7. The fraction of sp³-hybridized carbons (Fsp3) is 0.125. The van der Waals surface area contributed by atoms with Crippen molar-refractivity contribution in [2.24, 2.45) is 5.10 Å². The number of hydrazone groups is 1. The average molecular weight is 455 g/mol. The molecule has 0 aromatic heterocycles. The van der Waals surface area contributed by atoms with Gasteiger partial charge in [-0.2, -0.15) is 9.41 Å². The van der Waals surface area contributed by atoms with Gasteiger partial charge in [0.15, 0.2) is 0 Å². The third-order valence-corrected chi connectivity index (χ3v) is 5.72. The van der Waals surface area contributed by atoms with Gasteiger partial charge in [-0.3, -0.25) is 14.9 Å². The first kappa shape index (κ1) is 20.7. The summed E-state index contributed by atoms with van der Waals surface area (Å²) in [4.78, 5) is 22.1. The Bertz CT molecular complexity index is 977. The minimum atomic E-state index is -3.82. The lowest BCUT2D eigenvalue weighted by Crippen LogP contribution is -2.36. The van der Waals surface area contributed by atoms with Crippen LogP contribution >= 0.6 is 15.9 Å². The Morgan fingerprint density at radius 2 is 1.96 bits per heavy atom. The quantitative estimate of drug-likeness (QED) is 0.390. The van der Waals surface area contributed by atoms with Crippen LogP contribution < -0.4 is 5.43 Å². The zero-order chi connectivity index (χ0) is 20.0. The van der Waals surface area contributed by atoms with E-state index in [2.05, 4.69) is 26.5 Å². The number of carbonyl (C=O) groups is 1. The molecule has 9 nitrogen and oxygen atoms in total. The predicted octanol–water partition coefficient (Wildman–Crippen LogP) is 2.13. The number of benzene rings is 2. The van der Waals surface area contributed by atoms with E-state index in [0.717, 1.165) is 8.78 Å². The first-order valence-corrected chi connectivity index (χ1v) is 9.72. The molecule has 0 unspecified atom stereocenters. The number of nitrogens with one attached hydrogen (secondary N) is 1. The van der Waals surface area contributed by atoms with Crippen LogP contribution in [0.4, 0.5) is 5.69 Å². The van der Waals surface area contributed by atoms with Crippen LogP contribution in [0.3, 0.4) is 0 Å². The molecule has 0 aliphatic carbocycles. The van der Waals surface area contributed by atoms with Crippen LogP contribution in [0.25, 0.3) is 0 Å².